The Morgan fingerprint density at radius 2 is 0.857 bits per heavy atom. The van der Waals surface area contributed by atoms with Gasteiger partial charge in [0.05, 0.1) is 0 Å². The molecule has 0 amide bonds. The second-order valence-electron chi connectivity index (χ2n) is 5.24. The molecule has 3 aromatic carbocycles. The molecule has 0 saturated carbocycles. The minimum Gasteiger partial charge on any atom is -0.741 e. The van der Waals surface area contributed by atoms with Crippen LogP contribution in [0.1, 0.15) is 0 Å². The van der Waals surface area contributed by atoms with Gasteiger partial charge in [0.25, 0.3) is 0 Å². The Morgan fingerprint density at radius 1 is 0.643 bits per heavy atom. The summed E-state index contributed by atoms with van der Waals surface area (Å²) < 4.78 is 58.9. The van der Waals surface area contributed by atoms with Crippen LogP contribution in [-0.4, -0.2) is 18.5 Å². The number of benzene rings is 3. The van der Waals surface area contributed by atoms with Crippen molar-refractivity contribution in [3.8, 4) is 0 Å². The summed E-state index contributed by atoms with van der Waals surface area (Å²) in [6.07, 6.45) is 0. The summed E-state index contributed by atoms with van der Waals surface area (Å²) in [5, 5.41) is 4.19. The van der Waals surface area contributed by atoms with Crippen LogP contribution in [0.15, 0.2) is 91.0 Å². The fourth-order valence-corrected chi connectivity index (χ4v) is 4.48. The van der Waals surface area contributed by atoms with Crippen molar-refractivity contribution in [1.29, 1.82) is 0 Å². The van der Waals surface area contributed by atoms with E-state index in [-0.39, 0.29) is 22.4 Å². The van der Waals surface area contributed by atoms with Gasteiger partial charge < -0.3 is 4.55 Å². The summed E-state index contributed by atoms with van der Waals surface area (Å²) in [7, 11) is -6.54. The van der Waals surface area contributed by atoms with Crippen LogP contribution in [-0.2, 0) is 32.5 Å². The molecule has 0 aliphatic rings. The van der Waals surface area contributed by atoms with Gasteiger partial charge in [0.2, 0.25) is 0 Å². The molecule has 3 aromatic rings. The van der Waals surface area contributed by atoms with E-state index in [9.17, 15) is 13.2 Å². The zero-order valence-corrected chi connectivity index (χ0v) is 18.1. The van der Waals surface area contributed by atoms with Crippen molar-refractivity contribution in [1.82, 2.24) is 0 Å². The zero-order chi connectivity index (χ0) is 19.9. The van der Waals surface area contributed by atoms with Crippen molar-refractivity contribution < 1.29 is 48.5 Å². The maximum absolute atomic E-state index is 10.7. The molecule has 28 heavy (non-hydrogen) atoms. The van der Waals surface area contributed by atoms with Gasteiger partial charge in [0, 0.05) is 0 Å². The third-order valence-corrected chi connectivity index (χ3v) is 6.34. The Bertz CT molecular complexity index is 845. The van der Waals surface area contributed by atoms with Gasteiger partial charge in [-0.3, -0.25) is 0 Å². The van der Waals surface area contributed by atoms with E-state index < -0.39 is 23.5 Å². The molecule has 0 aliphatic heterocycles. The van der Waals surface area contributed by atoms with Crippen molar-refractivity contribution in [3.63, 3.8) is 0 Å². The predicted octanol–water partition coefficient (Wildman–Crippen LogP) is 3.49. The smallest absolute Gasteiger partial charge is 0.741 e. The second kappa shape index (κ2) is 10.9. The molecule has 0 bridgehead atoms. The van der Waals surface area contributed by atoms with Crippen LogP contribution in [0.2, 0.25) is 0 Å². The van der Waals surface area contributed by atoms with Gasteiger partial charge >= 0.3 is 27.9 Å². The van der Waals surface area contributed by atoms with Crippen LogP contribution in [0.3, 0.4) is 0 Å². The molecule has 0 N–H and O–H groups in total. The van der Waals surface area contributed by atoms with Crippen LogP contribution < -0.4 is 15.9 Å². The van der Waals surface area contributed by atoms with Crippen molar-refractivity contribution in [2.75, 3.05) is 0 Å². The summed E-state index contributed by atoms with van der Waals surface area (Å²) in [6, 6.07) is 32.3. The molecule has 0 aliphatic carbocycles. The minimum atomic E-state index is -6.09. The first-order valence-corrected chi connectivity index (χ1v) is 10.4. The quantitative estimate of drug-likeness (QED) is 0.198. The molecular weight excluding hydrogens is 593 g/mol. The monoisotopic (exact) mass is 608 g/mol. The number of hydrogen-bond donors (Lipinski definition) is 0. The van der Waals surface area contributed by atoms with E-state index in [0.717, 1.165) is 0 Å². The number of hydrogen-bond acceptors (Lipinski definition) is 3. The topological polar surface area (TPSA) is 57.2 Å². The van der Waals surface area contributed by atoms with E-state index in [1.807, 2.05) is 0 Å². The van der Waals surface area contributed by atoms with Crippen molar-refractivity contribution in [2.24, 2.45) is 0 Å². The molecule has 3 nitrogen and oxygen atoms in total. The minimum absolute atomic E-state index is 0. The molecule has 3 rings (SSSR count). The second-order valence-corrected chi connectivity index (χ2v) is 8.83. The van der Waals surface area contributed by atoms with Gasteiger partial charge in [0.15, 0.2) is 10.1 Å². The van der Waals surface area contributed by atoms with Crippen molar-refractivity contribution in [3.05, 3.63) is 91.0 Å². The molecule has 0 spiro atoms. The van der Waals surface area contributed by atoms with E-state index >= 15 is 0 Å². The van der Waals surface area contributed by atoms with Crippen LogP contribution in [0.25, 0.3) is 0 Å². The Labute approximate surface area is 178 Å². The average Bonchev–Trinajstić information content (AvgIpc) is 2.64. The van der Waals surface area contributed by atoms with Crippen molar-refractivity contribution in [2.45, 2.75) is 5.51 Å². The van der Waals surface area contributed by atoms with Gasteiger partial charge in [0.1, 0.15) is 0 Å². The van der Waals surface area contributed by atoms with E-state index in [2.05, 4.69) is 91.0 Å². The summed E-state index contributed by atoms with van der Waals surface area (Å²) in [6.45, 7) is 0. The predicted molar refractivity (Wildman–Crippen MR) is 101 cm³/mol. The summed E-state index contributed by atoms with van der Waals surface area (Å²) in [4.78, 5) is 0. The maximum atomic E-state index is 10.7. The van der Waals surface area contributed by atoms with Crippen LogP contribution in [0, 0.1) is 0 Å². The SMILES string of the molecule is O=S(=O)([O-])C(F)(F)F.[Au+].c1ccc(P(c2ccccc2)c2ccccc2)cc1. The fraction of sp³-hybridized carbons (Fsp3) is 0.0526. The summed E-state index contributed by atoms with van der Waals surface area (Å²) in [5.74, 6) is 0. The summed E-state index contributed by atoms with van der Waals surface area (Å²) in [5.41, 5.74) is -5.65. The van der Waals surface area contributed by atoms with Gasteiger partial charge in [-0.2, -0.15) is 13.2 Å². The normalized spacial score (nSPS) is 11.2. The molecule has 0 heterocycles. The number of rotatable bonds is 3. The first-order valence-electron chi connectivity index (χ1n) is 7.67. The van der Waals surface area contributed by atoms with Gasteiger partial charge in [-0.1, -0.05) is 91.0 Å². The molecule has 0 fully saturated rings. The zero-order valence-electron chi connectivity index (χ0n) is 14.2. The van der Waals surface area contributed by atoms with E-state index in [1.54, 1.807) is 0 Å². The Hall–Kier alpha value is -1.47. The van der Waals surface area contributed by atoms with E-state index in [1.165, 1.54) is 15.9 Å². The maximum Gasteiger partial charge on any atom is 1.00 e. The summed E-state index contributed by atoms with van der Waals surface area (Å²) >= 11 is 0. The molecule has 0 saturated heterocycles. The first kappa shape index (κ1) is 24.6. The molecular formula is C19H15AuF3O3PS. The Morgan fingerprint density at radius 3 is 1.04 bits per heavy atom. The average molecular weight is 608 g/mol. The fourth-order valence-electron chi connectivity index (χ4n) is 2.18. The molecule has 9 heteroatoms. The standard InChI is InChI=1S/C18H15P.CHF3O3S.Au/c1-4-10-16(11-5-1)19(17-12-6-2-7-13-17)18-14-8-3-9-15-18;2-1(3,4)8(5,6)7;/h1-15H;(H,5,6,7);/q;;+1/p-1. The molecule has 0 atom stereocenters. The first-order chi connectivity index (χ1) is 12.7. The number of alkyl halides is 3. The van der Waals surface area contributed by atoms with Crippen LogP contribution >= 0.6 is 7.92 Å². The van der Waals surface area contributed by atoms with Gasteiger partial charge in [-0.05, 0) is 23.8 Å². The van der Waals surface area contributed by atoms with E-state index in [4.69, 9.17) is 13.0 Å². The number of halogens is 3. The van der Waals surface area contributed by atoms with E-state index in [0.29, 0.717) is 0 Å². The molecule has 0 unspecified atom stereocenters. The molecule has 0 aromatic heterocycles. The van der Waals surface area contributed by atoms with Crippen LogP contribution in [0.5, 0.6) is 0 Å². The largest absolute Gasteiger partial charge is 1.00 e. The Balaban J connectivity index is 0.000000376. The third-order valence-electron chi connectivity index (χ3n) is 3.33. The van der Waals surface area contributed by atoms with Crippen LogP contribution in [0.4, 0.5) is 13.2 Å². The molecule has 152 valence electrons. The van der Waals surface area contributed by atoms with Gasteiger partial charge in [-0.15, -0.1) is 0 Å². The van der Waals surface area contributed by atoms with Gasteiger partial charge in [-0.25, -0.2) is 8.42 Å². The third kappa shape index (κ3) is 7.17. The van der Waals surface area contributed by atoms with Crippen molar-refractivity contribution >= 4 is 34.0 Å². The molecule has 0 radical (unpaired) electrons. The Kier molecular flexibility index (Phi) is 9.57.